The van der Waals surface area contributed by atoms with Gasteiger partial charge in [0.15, 0.2) is 0 Å². The molecule has 1 aromatic carbocycles. The molecule has 7 heteroatoms. The Labute approximate surface area is 204 Å². The van der Waals surface area contributed by atoms with Gasteiger partial charge in [-0.05, 0) is 44.5 Å². The van der Waals surface area contributed by atoms with Crippen molar-refractivity contribution in [3.8, 4) is 22.8 Å². The minimum atomic E-state index is -0.341. The number of hydrogen-bond donors (Lipinski definition) is 0. The van der Waals surface area contributed by atoms with Crippen molar-refractivity contribution < 1.29 is 4.74 Å². The predicted molar refractivity (Wildman–Crippen MR) is 135 cm³/mol. The van der Waals surface area contributed by atoms with E-state index in [0.29, 0.717) is 29.4 Å². The first-order valence-corrected chi connectivity index (χ1v) is 11.5. The predicted octanol–water partition coefficient (Wildman–Crippen LogP) is 5.97. The first kappa shape index (κ1) is 23.6. The van der Waals surface area contributed by atoms with Crippen LogP contribution in [-0.4, -0.2) is 19.5 Å². The van der Waals surface area contributed by atoms with Crippen molar-refractivity contribution in [2.24, 2.45) is 0 Å². The molecule has 0 spiro atoms. The van der Waals surface area contributed by atoms with Crippen LogP contribution < -0.4 is 10.3 Å². The number of halogens is 1. The molecule has 0 saturated heterocycles. The van der Waals surface area contributed by atoms with Crippen molar-refractivity contribution in [2.75, 3.05) is 0 Å². The van der Waals surface area contributed by atoms with E-state index >= 15 is 0 Å². The van der Waals surface area contributed by atoms with Crippen molar-refractivity contribution in [2.45, 2.75) is 47.1 Å². The highest BCUT2D eigenvalue weighted by atomic mass is 35.5. The number of benzene rings is 1. The monoisotopic (exact) mass is 474 g/mol. The molecular formula is C27H27ClN4O2. The van der Waals surface area contributed by atoms with E-state index in [1.54, 1.807) is 23.0 Å². The lowest BCUT2D eigenvalue weighted by Gasteiger charge is -2.18. The normalized spacial score (nSPS) is 11.1. The van der Waals surface area contributed by atoms with Crippen LogP contribution in [0.5, 0.6) is 5.75 Å². The van der Waals surface area contributed by atoms with Gasteiger partial charge in [-0.15, -0.1) is 0 Å². The van der Waals surface area contributed by atoms with Crippen LogP contribution in [0.2, 0.25) is 5.02 Å². The number of aromatic nitrogens is 4. The smallest absolute Gasteiger partial charge is 0.277 e. The number of aryl methyl sites for hydroxylation is 1. The third-order valence-corrected chi connectivity index (χ3v) is 6.06. The van der Waals surface area contributed by atoms with Gasteiger partial charge in [0.25, 0.3) is 5.56 Å². The zero-order valence-corrected chi connectivity index (χ0v) is 20.7. The summed E-state index contributed by atoms with van der Waals surface area (Å²) in [6.07, 6.45) is 3.39. The molecule has 3 heterocycles. The molecule has 0 aliphatic rings. The van der Waals surface area contributed by atoms with Crippen LogP contribution in [-0.2, 0) is 6.61 Å². The molecule has 4 rings (SSSR count). The quantitative estimate of drug-likeness (QED) is 0.344. The van der Waals surface area contributed by atoms with Crippen LogP contribution >= 0.6 is 11.6 Å². The zero-order chi connectivity index (χ0) is 24.4. The summed E-state index contributed by atoms with van der Waals surface area (Å²) in [6, 6.07) is 13.5. The van der Waals surface area contributed by atoms with Gasteiger partial charge in [0.05, 0.1) is 17.1 Å². The highest BCUT2D eigenvalue weighted by Crippen LogP contribution is 2.30. The fourth-order valence-corrected chi connectivity index (χ4v) is 4.06. The van der Waals surface area contributed by atoms with E-state index in [1.165, 1.54) is 0 Å². The molecule has 174 valence electrons. The molecule has 6 nitrogen and oxygen atoms in total. The van der Waals surface area contributed by atoms with Gasteiger partial charge in [-0.2, -0.15) is 0 Å². The van der Waals surface area contributed by atoms with Crippen LogP contribution in [0.3, 0.4) is 0 Å². The van der Waals surface area contributed by atoms with E-state index < -0.39 is 0 Å². The Bertz CT molecular complexity index is 1410. The maximum atomic E-state index is 13.3. The number of nitrogens with zero attached hydrogens (tertiary/aromatic N) is 4. The molecule has 0 bridgehead atoms. The molecule has 0 radical (unpaired) electrons. The summed E-state index contributed by atoms with van der Waals surface area (Å²) in [5.74, 6) is 1.35. The molecule has 0 amide bonds. The molecule has 0 saturated carbocycles. The summed E-state index contributed by atoms with van der Waals surface area (Å²) in [5.41, 5.74) is 5.39. The van der Waals surface area contributed by atoms with E-state index in [2.05, 4.69) is 15.0 Å². The Morgan fingerprint density at radius 2 is 1.76 bits per heavy atom. The van der Waals surface area contributed by atoms with Gasteiger partial charge in [-0.1, -0.05) is 55.3 Å². The van der Waals surface area contributed by atoms with Gasteiger partial charge in [0, 0.05) is 29.6 Å². The van der Waals surface area contributed by atoms with Crippen LogP contribution in [0, 0.1) is 20.8 Å². The lowest BCUT2D eigenvalue weighted by molar-refractivity contribution is 0.303. The summed E-state index contributed by atoms with van der Waals surface area (Å²) < 4.78 is 7.61. The molecule has 4 aromatic rings. The lowest BCUT2D eigenvalue weighted by Crippen LogP contribution is -2.23. The van der Waals surface area contributed by atoms with Crippen LogP contribution in [0.1, 0.15) is 48.0 Å². The van der Waals surface area contributed by atoms with E-state index in [9.17, 15) is 4.79 Å². The Kier molecular flexibility index (Phi) is 6.80. The molecule has 0 unspecified atom stereocenters. The standard InChI is InChI=1S/C27H27ClN4O2/c1-16(2)26-30-12-10-22(31-26)23-14-21(9-11-29-23)32-19(5)18(4)25(24(28)27(32)33)34-15-20-8-6-7-17(3)13-20/h6-14,16H,15H2,1-5H3. The topological polar surface area (TPSA) is 69.9 Å². The number of hydrogen-bond acceptors (Lipinski definition) is 5. The van der Waals surface area contributed by atoms with Crippen molar-refractivity contribution >= 4 is 11.6 Å². The summed E-state index contributed by atoms with van der Waals surface area (Å²) in [6.45, 7) is 10.2. The van der Waals surface area contributed by atoms with Crippen LogP contribution in [0.15, 0.2) is 59.7 Å². The molecule has 34 heavy (non-hydrogen) atoms. The molecular weight excluding hydrogens is 448 g/mol. The van der Waals surface area contributed by atoms with Crippen molar-refractivity contribution in [1.82, 2.24) is 19.5 Å². The second kappa shape index (κ2) is 9.77. The van der Waals surface area contributed by atoms with Gasteiger partial charge < -0.3 is 4.74 Å². The Morgan fingerprint density at radius 3 is 2.50 bits per heavy atom. The third kappa shape index (κ3) is 4.73. The Hall–Kier alpha value is -3.51. The van der Waals surface area contributed by atoms with Gasteiger partial charge in [-0.25, -0.2) is 9.97 Å². The summed E-state index contributed by atoms with van der Waals surface area (Å²) >= 11 is 6.54. The average molecular weight is 475 g/mol. The highest BCUT2D eigenvalue weighted by molar-refractivity contribution is 6.32. The number of pyridine rings is 2. The van der Waals surface area contributed by atoms with E-state index in [1.807, 2.05) is 71.0 Å². The maximum Gasteiger partial charge on any atom is 0.277 e. The Balaban J connectivity index is 1.73. The fourth-order valence-electron chi connectivity index (χ4n) is 3.78. The molecule has 0 atom stereocenters. The number of rotatable bonds is 6. The first-order valence-electron chi connectivity index (χ1n) is 11.2. The summed E-state index contributed by atoms with van der Waals surface area (Å²) in [5, 5.41) is 0.0539. The lowest BCUT2D eigenvalue weighted by atomic mass is 10.1. The molecule has 0 aliphatic heterocycles. The van der Waals surface area contributed by atoms with Gasteiger partial charge in [0.1, 0.15) is 23.2 Å². The third-order valence-electron chi connectivity index (χ3n) is 5.73. The minimum absolute atomic E-state index is 0.0539. The molecule has 0 aliphatic carbocycles. The average Bonchev–Trinajstić information content (AvgIpc) is 2.83. The molecule has 0 fully saturated rings. The molecule has 3 aromatic heterocycles. The second-order valence-corrected chi connectivity index (χ2v) is 9.00. The van der Waals surface area contributed by atoms with Gasteiger partial charge in [0.2, 0.25) is 0 Å². The maximum absolute atomic E-state index is 13.3. The Morgan fingerprint density at radius 1 is 1.00 bits per heavy atom. The van der Waals surface area contributed by atoms with Crippen LogP contribution in [0.25, 0.3) is 17.1 Å². The first-order chi connectivity index (χ1) is 16.3. The van der Waals surface area contributed by atoms with E-state index in [0.717, 1.165) is 28.2 Å². The highest BCUT2D eigenvalue weighted by Gasteiger charge is 2.19. The summed E-state index contributed by atoms with van der Waals surface area (Å²) in [4.78, 5) is 26.7. The van der Waals surface area contributed by atoms with Gasteiger partial charge >= 0.3 is 0 Å². The largest absolute Gasteiger partial charge is 0.487 e. The van der Waals surface area contributed by atoms with Crippen molar-refractivity contribution in [3.63, 3.8) is 0 Å². The van der Waals surface area contributed by atoms with E-state index in [4.69, 9.17) is 16.3 Å². The van der Waals surface area contributed by atoms with Gasteiger partial charge in [-0.3, -0.25) is 14.3 Å². The SMILES string of the molecule is Cc1cccc(COc2c(C)c(C)n(-c3ccnc(-c4ccnc(C(C)C)n4)c3)c(=O)c2Cl)c1. The zero-order valence-electron chi connectivity index (χ0n) is 20.0. The van der Waals surface area contributed by atoms with Crippen molar-refractivity contribution in [1.29, 1.82) is 0 Å². The van der Waals surface area contributed by atoms with Crippen LogP contribution in [0.4, 0.5) is 0 Å². The van der Waals surface area contributed by atoms with Crippen molar-refractivity contribution in [3.05, 3.63) is 98.4 Å². The minimum Gasteiger partial charge on any atom is -0.487 e. The number of ether oxygens (including phenoxy) is 1. The fraction of sp³-hybridized carbons (Fsp3) is 0.259. The molecule has 0 N–H and O–H groups in total. The van der Waals surface area contributed by atoms with E-state index in [-0.39, 0.29) is 16.5 Å². The second-order valence-electron chi connectivity index (χ2n) is 8.63. The summed E-state index contributed by atoms with van der Waals surface area (Å²) in [7, 11) is 0.